The Morgan fingerprint density at radius 2 is 1.56 bits per heavy atom. The van der Waals surface area contributed by atoms with Crippen molar-refractivity contribution in [1.82, 2.24) is 4.90 Å². The topological polar surface area (TPSA) is 67.6 Å². The van der Waals surface area contributed by atoms with Crippen LogP contribution in [0.5, 0.6) is 0 Å². The van der Waals surface area contributed by atoms with E-state index in [1.54, 1.807) is 42.3 Å². The van der Waals surface area contributed by atoms with Crippen molar-refractivity contribution in [3.63, 3.8) is 0 Å². The third-order valence-corrected chi connectivity index (χ3v) is 6.15. The molecule has 0 aliphatic heterocycles. The molecule has 27 heavy (non-hydrogen) atoms. The van der Waals surface area contributed by atoms with Crippen LogP contribution in [-0.2, 0) is 15.6 Å². The lowest BCUT2D eigenvalue weighted by atomic mass is 10.1. The number of carbonyl (C=O) groups excluding carboxylic acids is 1. The summed E-state index contributed by atoms with van der Waals surface area (Å²) in [5, 5.41) is 0. The fourth-order valence-electron chi connectivity index (χ4n) is 2.77. The summed E-state index contributed by atoms with van der Waals surface area (Å²) < 4.78 is 30.4. The third-order valence-electron chi connectivity index (χ3n) is 4.49. The van der Waals surface area contributed by atoms with E-state index < -0.39 is 9.84 Å². The zero-order valence-corrected chi connectivity index (χ0v) is 16.0. The van der Waals surface area contributed by atoms with Gasteiger partial charge in [0.05, 0.1) is 10.9 Å². The average molecular weight is 383 g/mol. The molecule has 1 amide bonds. The molecule has 1 heterocycles. The van der Waals surface area contributed by atoms with Crippen molar-refractivity contribution in [2.24, 2.45) is 0 Å². The van der Waals surface area contributed by atoms with Crippen molar-refractivity contribution >= 4 is 15.7 Å². The van der Waals surface area contributed by atoms with Crippen LogP contribution in [0.2, 0.25) is 0 Å². The van der Waals surface area contributed by atoms with Gasteiger partial charge in [0.1, 0.15) is 11.5 Å². The molecule has 0 bridgehead atoms. The number of hydrogen-bond donors (Lipinski definition) is 0. The van der Waals surface area contributed by atoms with Gasteiger partial charge >= 0.3 is 0 Å². The summed E-state index contributed by atoms with van der Waals surface area (Å²) in [4.78, 5) is 14.5. The van der Waals surface area contributed by atoms with Crippen LogP contribution in [0.15, 0.2) is 82.1 Å². The fourth-order valence-corrected chi connectivity index (χ4v) is 4.04. The summed E-state index contributed by atoms with van der Waals surface area (Å²) in [6.45, 7) is 1.93. The molecule has 0 saturated carbocycles. The van der Waals surface area contributed by atoms with Gasteiger partial charge in [-0.15, -0.1) is 0 Å². The van der Waals surface area contributed by atoms with E-state index in [9.17, 15) is 13.2 Å². The predicted octanol–water partition coefficient (Wildman–Crippen LogP) is 4.09. The first-order chi connectivity index (χ1) is 12.9. The molecule has 0 spiro atoms. The van der Waals surface area contributed by atoms with E-state index in [2.05, 4.69) is 0 Å². The lowest BCUT2D eigenvalue weighted by molar-refractivity contribution is 0.0709. The van der Waals surface area contributed by atoms with Gasteiger partial charge in [0.2, 0.25) is 0 Å². The van der Waals surface area contributed by atoms with Crippen molar-refractivity contribution in [1.29, 1.82) is 0 Å². The third kappa shape index (κ3) is 4.28. The Labute approximate surface area is 159 Å². The molecule has 2 aromatic carbocycles. The molecule has 0 fully saturated rings. The fraction of sp³-hybridized carbons (Fsp3) is 0.190. The first kappa shape index (κ1) is 18.9. The van der Waals surface area contributed by atoms with Crippen molar-refractivity contribution < 1.29 is 17.6 Å². The highest BCUT2D eigenvalue weighted by molar-refractivity contribution is 7.90. The van der Waals surface area contributed by atoms with Crippen LogP contribution in [-0.4, -0.2) is 26.3 Å². The van der Waals surface area contributed by atoms with Gasteiger partial charge in [-0.05, 0) is 36.8 Å². The lowest BCUT2D eigenvalue weighted by Crippen LogP contribution is -2.29. The quantitative estimate of drug-likeness (QED) is 0.643. The number of furan rings is 1. The maximum atomic E-state index is 12.7. The summed E-state index contributed by atoms with van der Waals surface area (Å²) in [5.74, 6) is -0.223. The van der Waals surface area contributed by atoms with Gasteiger partial charge in [-0.3, -0.25) is 4.79 Å². The van der Waals surface area contributed by atoms with E-state index in [0.717, 1.165) is 5.56 Å². The maximum Gasteiger partial charge on any atom is 0.289 e. The van der Waals surface area contributed by atoms with Crippen molar-refractivity contribution in [2.75, 3.05) is 7.05 Å². The van der Waals surface area contributed by atoms with Crippen LogP contribution in [0, 0.1) is 0 Å². The Bertz CT molecular complexity index is 1010. The molecule has 0 aliphatic rings. The van der Waals surface area contributed by atoms with Crippen LogP contribution >= 0.6 is 0 Å². The zero-order valence-electron chi connectivity index (χ0n) is 15.2. The molecular formula is C21H21NO4S. The smallest absolute Gasteiger partial charge is 0.289 e. The molecule has 5 nitrogen and oxygen atoms in total. The molecule has 1 atom stereocenters. The summed E-state index contributed by atoms with van der Waals surface area (Å²) >= 11 is 0. The molecule has 0 N–H and O–H groups in total. The largest absolute Gasteiger partial charge is 0.455 e. The maximum absolute atomic E-state index is 12.7. The Hall–Kier alpha value is -2.86. The van der Waals surface area contributed by atoms with Gasteiger partial charge in [-0.1, -0.05) is 48.5 Å². The van der Waals surface area contributed by atoms with Crippen molar-refractivity contribution in [3.05, 3.63) is 89.9 Å². The standard InChI is InChI=1S/C21H21NO4S/c1-16(17-9-5-3-6-10-17)22(2)21(23)20-14-13-18(26-20)15-27(24,25)19-11-7-4-8-12-19/h3-14,16H,15H2,1-2H3/t16-/m1/s1. The highest BCUT2D eigenvalue weighted by atomic mass is 32.2. The molecule has 1 aromatic heterocycles. The molecule has 0 aliphatic carbocycles. The molecular weight excluding hydrogens is 362 g/mol. The van der Waals surface area contributed by atoms with E-state index in [0.29, 0.717) is 0 Å². The van der Waals surface area contributed by atoms with Crippen molar-refractivity contribution in [2.45, 2.75) is 23.6 Å². The minimum absolute atomic E-state index is 0.124. The van der Waals surface area contributed by atoms with Gasteiger partial charge in [-0.2, -0.15) is 0 Å². The van der Waals surface area contributed by atoms with Gasteiger partial charge < -0.3 is 9.32 Å². The molecule has 6 heteroatoms. The summed E-state index contributed by atoms with van der Waals surface area (Å²) in [5.41, 5.74) is 1.01. The average Bonchev–Trinajstić information content (AvgIpc) is 3.15. The zero-order chi connectivity index (χ0) is 19.4. The number of amides is 1. The monoisotopic (exact) mass is 383 g/mol. The second-order valence-corrected chi connectivity index (χ2v) is 8.33. The summed E-state index contributed by atoms with van der Waals surface area (Å²) in [7, 11) is -1.83. The van der Waals surface area contributed by atoms with Gasteiger partial charge in [0, 0.05) is 7.05 Å². The molecule has 0 radical (unpaired) electrons. The van der Waals surface area contributed by atoms with Crippen LogP contribution < -0.4 is 0 Å². The number of carbonyl (C=O) groups is 1. The second kappa shape index (κ2) is 7.80. The molecule has 3 rings (SSSR count). The molecule has 0 saturated heterocycles. The Morgan fingerprint density at radius 3 is 2.19 bits per heavy atom. The number of rotatable bonds is 6. The van der Waals surface area contributed by atoms with Gasteiger partial charge in [-0.25, -0.2) is 8.42 Å². The summed E-state index contributed by atoms with van der Waals surface area (Å²) in [6.07, 6.45) is 0. The minimum Gasteiger partial charge on any atom is -0.455 e. The number of sulfone groups is 1. The van der Waals surface area contributed by atoms with Crippen LogP contribution in [0.25, 0.3) is 0 Å². The molecule has 0 unspecified atom stereocenters. The minimum atomic E-state index is -3.52. The normalized spacial score (nSPS) is 12.5. The summed E-state index contributed by atoms with van der Waals surface area (Å²) in [6, 6.07) is 20.8. The van der Waals surface area contributed by atoms with Gasteiger partial charge in [0.25, 0.3) is 5.91 Å². The van der Waals surface area contributed by atoms with Crippen molar-refractivity contribution in [3.8, 4) is 0 Å². The SMILES string of the molecule is C[C@H](c1ccccc1)N(C)C(=O)c1ccc(CS(=O)(=O)c2ccccc2)o1. The lowest BCUT2D eigenvalue weighted by Gasteiger charge is -2.24. The van der Waals surface area contributed by atoms with E-state index in [1.165, 1.54) is 12.1 Å². The Kier molecular flexibility index (Phi) is 5.46. The van der Waals surface area contributed by atoms with Crippen LogP contribution in [0.1, 0.15) is 34.8 Å². The van der Waals surface area contributed by atoms with E-state index >= 15 is 0 Å². The predicted molar refractivity (Wildman–Crippen MR) is 103 cm³/mol. The second-order valence-electron chi connectivity index (χ2n) is 6.34. The van der Waals surface area contributed by atoms with Crippen LogP contribution in [0.4, 0.5) is 0 Å². The van der Waals surface area contributed by atoms with E-state index in [1.807, 2.05) is 37.3 Å². The number of nitrogens with zero attached hydrogens (tertiary/aromatic N) is 1. The number of hydrogen-bond acceptors (Lipinski definition) is 4. The highest BCUT2D eigenvalue weighted by Gasteiger charge is 2.23. The Morgan fingerprint density at radius 1 is 0.963 bits per heavy atom. The van der Waals surface area contributed by atoms with Gasteiger partial charge in [0.15, 0.2) is 15.6 Å². The van der Waals surface area contributed by atoms with Crippen LogP contribution in [0.3, 0.4) is 0 Å². The number of benzene rings is 2. The molecule has 140 valence electrons. The first-order valence-corrected chi connectivity index (χ1v) is 10.2. The highest BCUT2D eigenvalue weighted by Crippen LogP contribution is 2.23. The van der Waals surface area contributed by atoms with E-state index in [4.69, 9.17) is 4.42 Å². The van der Waals surface area contributed by atoms with E-state index in [-0.39, 0.29) is 34.1 Å². The first-order valence-electron chi connectivity index (χ1n) is 8.57. The molecule has 3 aromatic rings. The Balaban J connectivity index is 1.74.